The number of thiol groups is 1. The fourth-order valence-corrected chi connectivity index (χ4v) is 3.96. The number of nitrogens with two attached hydrogens (primary N) is 1. The molecule has 0 rings (SSSR count). The van der Waals surface area contributed by atoms with Crippen LogP contribution in [0.4, 0.5) is 0 Å². The SMILES string of the molecule is CCOC(=O)CNC(=O)[C@H](CC(C)C)N(C(=O)CNC(=O)[C@@H](N)CC(C)C)C(=O)C(S)CC(C)C. The molecule has 1 unspecified atom stereocenters. The summed E-state index contributed by atoms with van der Waals surface area (Å²) >= 11 is 4.39. The molecule has 0 aliphatic rings. The van der Waals surface area contributed by atoms with Gasteiger partial charge >= 0.3 is 5.97 Å². The molecule has 0 aromatic carbocycles. The highest BCUT2D eigenvalue weighted by Crippen LogP contribution is 2.19. The van der Waals surface area contributed by atoms with Gasteiger partial charge in [-0.15, -0.1) is 0 Å². The van der Waals surface area contributed by atoms with Crippen molar-refractivity contribution < 1.29 is 28.7 Å². The van der Waals surface area contributed by atoms with Crippen LogP contribution in [0.2, 0.25) is 0 Å². The van der Waals surface area contributed by atoms with Gasteiger partial charge in [-0.3, -0.25) is 28.9 Å². The smallest absolute Gasteiger partial charge is 0.325 e. The third-order valence-electron chi connectivity index (χ3n) is 4.98. The van der Waals surface area contributed by atoms with Crippen LogP contribution in [-0.4, -0.2) is 71.5 Å². The second-order valence-electron chi connectivity index (χ2n) is 9.87. The fourth-order valence-electron chi connectivity index (χ4n) is 3.42. The first-order valence-electron chi connectivity index (χ1n) is 12.2. The van der Waals surface area contributed by atoms with Crippen LogP contribution in [-0.2, 0) is 28.7 Å². The van der Waals surface area contributed by atoms with Crippen molar-refractivity contribution >= 4 is 42.2 Å². The zero-order chi connectivity index (χ0) is 27.3. The van der Waals surface area contributed by atoms with E-state index in [1.165, 1.54) is 0 Å². The third kappa shape index (κ3) is 12.9. The van der Waals surface area contributed by atoms with Gasteiger partial charge < -0.3 is 21.1 Å². The molecule has 4 amide bonds. The number of imide groups is 1. The number of nitrogens with zero attached hydrogens (tertiary/aromatic N) is 1. The summed E-state index contributed by atoms with van der Waals surface area (Å²) in [5.41, 5.74) is 5.89. The number of nitrogens with one attached hydrogen (secondary N) is 2. The molecule has 202 valence electrons. The van der Waals surface area contributed by atoms with Crippen molar-refractivity contribution in [3.8, 4) is 0 Å². The van der Waals surface area contributed by atoms with Crippen LogP contribution in [0.25, 0.3) is 0 Å². The second kappa shape index (κ2) is 16.5. The Kier molecular flexibility index (Phi) is 15.5. The van der Waals surface area contributed by atoms with Crippen LogP contribution in [0.15, 0.2) is 0 Å². The van der Waals surface area contributed by atoms with Crippen LogP contribution >= 0.6 is 12.6 Å². The van der Waals surface area contributed by atoms with E-state index < -0.39 is 60.0 Å². The molecule has 0 heterocycles. The van der Waals surface area contributed by atoms with Crippen molar-refractivity contribution in [3.05, 3.63) is 0 Å². The summed E-state index contributed by atoms with van der Waals surface area (Å²) < 4.78 is 4.83. The molecule has 3 atom stereocenters. The maximum atomic E-state index is 13.3. The highest BCUT2D eigenvalue weighted by molar-refractivity contribution is 7.81. The number of rotatable bonds is 15. The summed E-state index contributed by atoms with van der Waals surface area (Å²) in [6.07, 6.45) is 0.979. The van der Waals surface area contributed by atoms with Gasteiger partial charge in [-0.2, -0.15) is 12.6 Å². The predicted molar refractivity (Wildman–Crippen MR) is 137 cm³/mol. The van der Waals surface area contributed by atoms with Gasteiger partial charge in [0.05, 0.1) is 24.4 Å². The van der Waals surface area contributed by atoms with E-state index in [0.29, 0.717) is 12.8 Å². The highest BCUT2D eigenvalue weighted by Gasteiger charge is 2.38. The summed E-state index contributed by atoms with van der Waals surface area (Å²) in [7, 11) is 0. The van der Waals surface area contributed by atoms with Gasteiger partial charge in [-0.25, -0.2) is 0 Å². The maximum Gasteiger partial charge on any atom is 0.325 e. The summed E-state index contributed by atoms with van der Waals surface area (Å²) in [6, 6.07) is -1.99. The zero-order valence-corrected chi connectivity index (χ0v) is 23.0. The van der Waals surface area contributed by atoms with E-state index in [2.05, 4.69) is 23.3 Å². The zero-order valence-electron chi connectivity index (χ0n) is 22.1. The molecule has 0 aromatic heterocycles. The number of hydrogen-bond donors (Lipinski definition) is 4. The number of hydrogen-bond acceptors (Lipinski definition) is 8. The molecule has 0 aliphatic heterocycles. The number of carbonyl (C=O) groups is 5. The monoisotopic (exact) mass is 516 g/mol. The molecule has 0 saturated carbocycles. The van der Waals surface area contributed by atoms with Crippen LogP contribution in [0, 0.1) is 17.8 Å². The minimum absolute atomic E-state index is 0.0611. The Morgan fingerprint density at radius 2 is 1.34 bits per heavy atom. The molecule has 4 N–H and O–H groups in total. The van der Waals surface area contributed by atoms with Gasteiger partial charge in [0, 0.05) is 0 Å². The normalized spacial score (nSPS) is 13.8. The summed E-state index contributed by atoms with van der Waals surface area (Å²) in [5, 5.41) is 4.11. The first-order valence-corrected chi connectivity index (χ1v) is 12.7. The second-order valence-corrected chi connectivity index (χ2v) is 10.5. The number of amides is 4. The van der Waals surface area contributed by atoms with Crippen molar-refractivity contribution in [1.82, 2.24) is 15.5 Å². The topological polar surface area (TPSA) is 148 Å². The third-order valence-corrected chi connectivity index (χ3v) is 5.41. The Morgan fingerprint density at radius 3 is 1.83 bits per heavy atom. The molecular weight excluding hydrogens is 472 g/mol. The van der Waals surface area contributed by atoms with Crippen LogP contribution in [0.3, 0.4) is 0 Å². The number of carbonyl (C=O) groups excluding carboxylic acids is 5. The lowest BCUT2D eigenvalue weighted by Crippen LogP contribution is -2.58. The molecule has 0 saturated heterocycles. The Labute approximate surface area is 214 Å². The summed E-state index contributed by atoms with van der Waals surface area (Å²) in [6.45, 7) is 12.3. The highest BCUT2D eigenvalue weighted by atomic mass is 32.1. The Morgan fingerprint density at radius 1 is 0.829 bits per heavy atom. The molecule has 0 bridgehead atoms. The fraction of sp³-hybridized carbons (Fsp3) is 0.792. The Balaban J connectivity index is 5.86. The van der Waals surface area contributed by atoms with Crippen molar-refractivity contribution in [2.45, 2.75) is 85.1 Å². The molecule has 11 heteroatoms. The molecule has 35 heavy (non-hydrogen) atoms. The lowest BCUT2D eigenvalue weighted by Gasteiger charge is -2.32. The van der Waals surface area contributed by atoms with Gasteiger partial charge in [0.25, 0.3) is 0 Å². The Hall–Kier alpha value is -2.14. The molecule has 10 nitrogen and oxygen atoms in total. The molecule has 0 fully saturated rings. The van der Waals surface area contributed by atoms with E-state index in [9.17, 15) is 24.0 Å². The molecule has 0 spiro atoms. The molecular formula is C24H44N4O6S. The van der Waals surface area contributed by atoms with Gasteiger partial charge in [-0.05, 0) is 43.9 Å². The number of ether oxygens (including phenoxy) is 1. The lowest BCUT2D eigenvalue weighted by atomic mass is 9.99. The first kappa shape index (κ1) is 32.9. The summed E-state index contributed by atoms with van der Waals surface area (Å²) in [4.78, 5) is 64.5. The van der Waals surface area contributed by atoms with E-state index in [0.717, 1.165) is 4.90 Å². The van der Waals surface area contributed by atoms with Crippen molar-refractivity contribution in [2.75, 3.05) is 19.7 Å². The molecule has 0 radical (unpaired) electrons. The number of esters is 1. The van der Waals surface area contributed by atoms with E-state index in [1.54, 1.807) is 6.92 Å². The van der Waals surface area contributed by atoms with Gasteiger partial charge in [-0.1, -0.05) is 41.5 Å². The van der Waals surface area contributed by atoms with Gasteiger partial charge in [0.15, 0.2) is 0 Å². The Bertz CT molecular complexity index is 729. The van der Waals surface area contributed by atoms with Crippen LogP contribution < -0.4 is 16.4 Å². The molecule has 0 aliphatic carbocycles. The van der Waals surface area contributed by atoms with Crippen LogP contribution in [0.1, 0.15) is 67.7 Å². The van der Waals surface area contributed by atoms with Crippen molar-refractivity contribution in [1.29, 1.82) is 0 Å². The van der Waals surface area contributed by atoms with Gasteiger partial charge in [0.1, 0.15) is 12.6 Å². The molecule has 0 aromatic rings. The lowest BCUT2D eigenvalue weighted by molar-refractivity contribution is -0.153. The first-order chi connectivity index (χ1) is 16.2. The minimum atomic E-state index is -1.19. The predicted octanol–water partition coefficient (Wildman–Crippen LogP) is 1.27. The van der Waals surface area contributed by atoms with E-state index in [-0.39, 0.29) is 30.8 Å². The average molecular weight is 517 g/mol. The maximum absolute atomic E-state index is 13.3. The van der Waals surface area contributed by atoms with E-state index in [4.69, 9.17) is 10.5 Å². The average Bonchev–Trinajstić information content (AvgIpc) is 2.74. The van der Waals surface area contributed by atoms with E-state index >= 15 is 0 Å². The van der Waals surface area contributed by atoms with Crippen molar-refractivity contribution in [3.63, 3.8) is 0 Å². The quantitative estimate of drug-likeness (QED) is 0.189. The standard InChI is InChI=1S/C24H44N4O6S/c1-8-34-21(30)13-27-23(32)18(10-15(4)5)28(24(33)19(35)11-16(6)7)20(29)12-26-22(31)17(25)9-14(2)3/h14-19,35H,8-13,25H2,1-7H3,(H,26,31)(H,27,32)/t17-,18-,19?/m0/s1. The van der Waals surface area contributed by atoms with E-state index in [1.807, 2.05) is 41.5 Å². The van der Waals surface area contributed by atoms with Crippen LogP contribution in [0.5, 0.6) is 0 Å². The van der Waals surface area contributed by atoms with Gasteiger partial charge in [0.2, 0.25) is 23.6 Å². The largest absolute Gasteiger partial charge is 0.465 e. The minimum Gasteiger partial charge on any atom is -0.465 e. The van der Waals surface area contributed by atoms with Crippen molar-refractivity contribution in [2.24, 2.45) is 23.5 Å². The summed E-state index contributed by atoms with van der Waals surface area (Å²) in [5.74, 6) is -2.96.